The van der Waals surface area contributed by atoms with Crippen LogP contribution in [0.4, 0.5) is 4.79 Å². The summed E-state index contributed by atoms with van der Waals surface area (Å²) >= 11 is 0. The number of rotatable bonds is 10. The number of carboxylic acid groups (broad SMARTS) is 1. The highest BCUT2D eigenvalue weighted by atomic mass is 16.5. The van der Waals surface area contributed by atoms with Crippen molar-refractivity contribution in [3.63, 3.8) is 0 Å². The highest BCUT2D eigenvalue weighted by Crippen LogP contribution is 2.44. The molecule has 0 radical (unpaired) electrons. The second-order valence-corrected chi connectivity index (χ2v) is 8.84. The number of carbonyl (C=O) groups excluding carboxylic acids is 2. The molecule has 0 spiro atoms. The third kappa shape index (κ3) is 6.12. The molecule has 176 valence electrons. The number of benzene rings is 2. The van der Waals surface area contributed by atoms with Crippen LogP contribution < -0.4 is 5.32 Å². The number of aliphatic carboxylic acids is 1. The molecule has 0 saturated heterocycles. The molecule has 2 aromatic rings. The first-order valence-corrected chi connectivity index (χ1v) is 11.3. The van der Waals surface area contributed by atoms with Gasteiger partial charge in [0.2, 0.25) is 5.91 Å². The molecule has 0 fully saturated rings. The Bertz CT molecular complexity index is 958. The minimum absolute atomic E-state index is 0.0171. The van der Waals surface area contributed by atoms with Crippen molar-refractivity contribution < 1.29 is 24.2 Å². The summed E-state index contributed by atoms with van der Waals surface area (Å²) in [7, 11) is 1.65. The normalized spacial score (nSPS) is 13.2. The van der Waals surface area contributed by atoms with Crippen LogP contribution in [0.25, 0.3) is 11.1 Å². The highest BCUT2D eigenvalue weighted by molar-refractivity contribution is 5.79. The zero-order valence-electron chi connectivity index (χ0n) is 19.4. The third-order valence-corrected chi connectivity index (χ3v) is 6.16. The number of nitrogens with zero attached hydrogens (tertiary/aromatic N) is 1. The Hall–Kier alpha value is -3.35. The molecule has 0 bridgehead atoms. The Kier molecular flexibility index (Phi) is 8.09. The third-order valence-electron chi connectivity index (χ3n) is 6.16. The van der Waals surface area contributed by atoms with Gasteiger partial charge in [0, 0.05) is 38.4 Å². The molecule has 7 nitrogen and oxygen atoms in total. The average molecular weight is 453 g/mol. The molecule has 2 N–H and O–H groups in total. The lowest BCUT2D eigenvalue weighted by atomic mass is 9.98. The number of carbonyl (C=O) groups is 3. The van der Waals surface area contributed by atoms with E-state index in [4.69, 9.17) is 9.84 Å². The largest absolute Gasteiger partial charge is 0.481 e. The van der Waals surface area contributed by atoms with Crippen molar-refractivity contribution in [1.29, 1.82) is 0 Å². The minimum atomic E-state index is -0.882. The number of carboxylic acids is 1. The maximum atomic E-state index is 12.6. The number of hydrogen-bond acceptors (Lipinski definition) is 4. The van der Waals surface area contributed by atoms with Gasteiger partial charge in [-0.1, -0.05) is 62.4 Å². The van der Waals surface area contributed by atoms with Gasteiger partial charge in [-0.15, -0.1) is 0 Å². The molecule has 1 atom stereocenters. The van der Waals surface area contributed by atoms with Crippen LogP contribution in [0.15, 0.2) is 48.5 Å². The lowest BCUT2D eigenvalue weighted by molar-refractivity contribution is -0.138. The van der Waals surface area contributed by atoms with Crippen molar-refractivity contribution in [2.75, 3.05) is 20.2 Å². The fourth-order valence-electron chi connectivity index (χ4n) is 4.18. The molecule has 7 heteroatoms. The van der Waals surface area contributed by atoms with E-state index in [1.54, 1.807) is 7.05 Å². The predicted molar refractivity (Wildman–Crippen MR) is 126 cm³/mol. The van der Waals surface area contributed by atoms with Gasteiger partial charge in [0.1, 0.15) is 6.61 Å². The van der Waals surface area contributed by atoms with Crippen molar-refractivity contribution in [2.45, 2.75) is 45.1 Å². The van der Waals surface area contributed by atoms with Crippen molar-refractivity contribution in [3.8, 4) is 11.1 Å². The van der Waals surface area contributed by atoms with Crippen LogP contribution in [0, 0.1) is 5.92 Å². The number of nitrogens with one attached hydrogen (secondary N) is 1. The first kappa shape index (κ1) is 24.3. The molecule has 0 saturated carbocycles. The van der Waals surface area contributed by atoms with Gasteiger partial charge in [-0.2, -0.15) is 0 Å². The van der Waals surface area contributed by atoms with Gasteiger partial charge >= 0.3 is 12.1 Å². The molecule has 0 unspecified atom stereocenters. The zero-order chi connectivity index (χ0) is 24.0. The molecule has 2 aromatic carbocycles. The molecule has 0 heterocycles. The minimum Gasteiger partial charge on any atom is -0.481 e. The van der Waals surface area contributed by atoms with Crippen molar-refractivity contribution in [1.82, 2.24) is 10.2 Å². The van der Waals surface area contributed by atoms with Crippen LogP contribution in [0.5, 0.6) is 0 Å². The molecular formula is C26H32N2O5. The molecule has 3 rings (SSSR count). The second kappa shape index (κ2) is 11.0. The van der Waals surface area contributed by atoms with Gasteiger partial charge in [0.15, 0.2) is 0 Å². The Labute approximate surface area is 194 Å². The molecule has 33 heavy (non-hydrogen) atoms. The van der Waals surface area contributed by atoms with E-state index >= 15 is 0 Å². The molecular weight excluding hydrogens is 420 g/mol. The summed E-state index contributed by atoms with van der Waals surface area (Å²) in [5.41, 5.74) is 4.62. The highest BCUT2D eigenvalue weighted by Gasteiger charge is 2.29. The summed E-state index contributed by atoms with van der Waals surface area (Å²) in [5, 5.41) is 11.6. The Morgan fingerprint density at radius 2 is 1.61 bits per heavy atom. The summed E-state index contributed by atoms with van der Waals surface area (Å²) in [4.78, 5) is 37.3. The maximum Gasteiger partial charge on any atom is 0.407 e. The van der Waals surface area contributed by atoms with E-state index < -0.39 is 12.1 Å². The van der Waals surface area contributed by atoms with Gasteiger partial charge in [0.05, 0.1) is 0 Å². The molecule has 1 aliphatic carbocycles. The Balaban J connectivity index is 1.56. The van der Waals surface area contributed by atoms with Crippen LogP contribution in [-0.2, 0) is 14.3 Å². The van der Waals surface area contributed by atoms with E-state index in [1.165, 1.54) is 16.0 Å². The summed E-state index contributed by atoms with van der Waals surface area (Å²) in [6, 6.07) is 15.9. The number of hydrogen-bond donors (Lipinski definition) is 2. The number of amides is 2. The fourth-order valence-corrected chi connectivity index (χ4v) is 4.18. The second-order valence-electron chi connectivity index (χ2n) is 8.84. The van der Waals surface area contributed by atoms with Crippen LogP contribution in [0.1, 0.15) is 50.2 Å². The summed E-state index contributed by atoms with van der Waals surface area (Å²) in [6.45, 7) is 4.45. The lowest BCUT2D eigenvalue weighted by Crippen LogP contribution is -2.43. The molecule has 2 amide bonds. The van der Waals surface area contributed by atoms with Gasteiger partial charge in [-0.3, -0.25) is 9.59 Å². The van der Waals surface area contributed by atoms with Gasteiger partial charge in [-0.25, -0.2) is 4.79 Å². The Morgan fingerprint density at radius 1 is 1.03 bits per heavy atom. The summed E-state index contributed by atoms with van der Waals surface area (Å²) in [6.07, 6.45) is -0.00448. The van der Waals surface area contributed by atoms with Crippen LogP contribution >= 0.6 is 0 Å². The molecule has 0 aliphatic heterocycles. The summed E-state index contributed by atoms with van der Waals surface area (Å²) < 4.78 is 5.61. The van der Waals surface area contributed by atoms with E-state index in [1.807, 2.05) is 38.1 Å². The average Bonchev–Trinajstić information content (AvgIpc) is 3.10. The van der Waals surface area contributed by atoms with E-state index in [9.17, 15) is 14.4 Å². The fraction of sp³-hybridized carbons (Fsp3) is 0.423. The first-order valence-electron chi connectivity index (χ1n) is 11.3. The van der Waals surface area contributed by atoms with Gasteiger partial charge in [0.25, 0.3) is 0 Å². The SMILES string of the molecule is CC(C)[C@@H](CC(=O)N(C)CCCC(=O)O)NC(=O)OCC1c2ccccc2-c2ccccc21. The van der Waals surface area contributed by atoms with E-state index in [0.29, 0.717) is 13.0 Å². The van der Waals surface area contributed by atoms with E-state index in [0.717, 1.165) is 11.1 Å². The van der Waals surface area contributed by atoms with Crippen molar-refractivity contribution in [3.05, 3.63) is 59.7 Å². The number of fused-ring (bicyclic) bond motifs is 3. The Morgan fingerprint density at radius 3 is 2.15 bits per heavy atom. The van der Waals surface area contributed by atoms with Crippen LogP contribution in [-0.4, -0.2) is 54.2 Å². The van der Waals surface area contributed by atoms with Crippen LogP contribution in [0.3, 0.4) is 0 Å². The van der Waals surface area contributed by atoms with Gasteiger partial charge < -0.3 is 20.1 Å². The summed E-state index contributed by atoms with van der Waals surface area (Å²) in [5.74, 6) is -1.02. The maximum absolute atomic E-state index is 12.6. The molecule has 0 aromatic heterocycles. The lowest BCUT2D eigenvalue weighted by Gasteiger charge is -2.25. The number of alkyl carbamates (subject to hydrolysis) is 1. The standard InChI is InChI=1S/C26H32N2O5/c1-17(2)23(15-24(29)28(3)14-8-13-25(30)31)27-26(32)33-16-22-20-11-6-4-9-18(20)19-10-5-7-12-21(19)22/h4-7,9-12,17,22-23H,8,13-16H2,1-3H3,(H,27,32)(H,30,31)/t23-/m1/s1. The first-order chi connectivity index (χ1) is 15.8. The van der Waals surface area contributed by atoms with E-state index in [-0.39, 0.29) is 43.2 Å². The predicted octanol–water partition coefficient (Wildman–Crippen LogP) is 4.26. The molecule has 1 aliphatic rings. The number of ether oxygens (including phenoxy) is 1. The topological polar surface area (TPSA) is 95.9 Å². The van der Waals surface area contributed by atoms with Gasteiger partial charge in [-0.05, 0) is 34.6 Å². The monoisotopic (exact) mass is 452 g/mol. The van der Waals surface area contributed by atoms with Crippen molar-refractivity contribution >= 4 is 18.0 Å². The smallest absolute Gasteiger partial charge is 0.407 e. The van der Waals surface area contributed by atoms with Crippen molar-refractivity contribution in [2.24, 2.45) is 5.92 Å². The van der Waals surface area contributed by atoms with Crippen LogP contribution in [0.2, 0.25) is 0 Å². The quantitative estimate of drug-likeness (QED) is 0.561. The van der Waals surface area contributed by atoms with E-state index in [2.05, 4.69) is 29.6 Å². The zero-order valence-corrected chi connectivity index (χ0v) is 19.4.